The van der Waals surface area contributed by atoms with Crippen LogP contribution in [-0.2, 0) is 11.6 Å². The Hall–Kier alpha value is -1.63. The first kappa shape index (κ1) is 11.8. The van der Waals surface area contributed by atoms with Gasteiger partial charge in [-0.2, -0.15) is 13.2 Å². The van der Waals surface area contributed by atoms with E-state index in [1.54, 1.807) is 6.07 Å². The van der Waals surface area contributed by atoms with Gasteiger partial charge in [-0.1, -0.05) is 12.0 Å². The Morgan fingerprint density at radius 1 is 1.35 bits per heavy atom. The molecule has 0 saturated heterocycles. The average molecular weight is 240 g/mol. The van der Waals surface area contributed by atoms with Crippen molar-refractivity contribution in [2.45, 2.75) is 24.4 Å². The van der Waals surface area contributed by atoms with Gasteiger partial charge in [-0.25, -0.2) is 0 Å². The molecular formula is C13H11F3O. The van der Waals surface area contributed by atoms with Crippen molar-refractivity contribution >= 4 is 0 Å². The largest absolute Gasteiger partial charge is 0.496 e. The van der Waals surface area contributed by atoms with Crippen LogP contribution in [0.15, 0.2) is 18.2 Å². The third-order valence-corrected chi connectivity index (χ3v) is 3.08. The summed E-state index contributed by atoms with van der Waals surface area (Å²) in [5, 5.41) is 0. The van der Waals surface area contributed by atoms with Crippen molar-refractivity contribution in [3.05, 3.63) is 29.3 Å². The normalized spacial score (nSPS) is 17.4. The van der Waals surface area contributed by atoms with Gasteiger partial charge in [0.15, 0.2) is 0 Å². The second-order valence-electron chi connectivity index (χ2n) is 4.14. The highest BCUT2D eigenvalue weighted by Crippen LogP contribution is 2.49. The molecule has 2 rings (SSSR count). The van der Waals surface area contributed by atoms with Gasteiger partial charge in [-0.15, -0.1) is 6.42 Å². The maximum Gasteiger partial charge on any atom is 0.419 e. The summed E-state index contributed by atoms with van der Waals surface area (Å²) in [6, 6.07) is 4.04. The minimum Gasteiger partial charge on any atom is -0.496 e. The summed E-state index contributed by atoms with van der Waals surface area (Å²) in [5.74, 6) is 2.40. The molecule has 4 heteroatoms. The number of methoxy groups -OCH3 is 1. The lowest BCUT2D eigenvalue weighted by molar-refractivity contribution is -0.138. The first-order valence-electron chi connectivity index (χ1n) is 5.16. The average Bonchev–Trinajstić information content (AvgIpc) is 3.08. The molecule has 0 unspecified atom stereocenters. The van der Waals surface area contributed by atoms with E-state index < -0.39 is 17.2 Å². The summed E-state index contributed by atoms with van der Waals surface area (Å²) >= 11 is 0. The lowest BCUT2D eigenvalue weighted by atomic mass is 9.94. The number of hydrogen-bond donors (Lipinski definition) is 0. The number of halogens is 3. The Labute approximate surface area is 97.6 Å². The third kappa shape index (κ3) is 1.97. The van der Waals surface area contributed by atoms with E-state index in [2.05, 4.69) is 5.92 Å². The minimum absolute atomic E-state index is 0.172. The Kier molecular flexibility index (Phi) is 2.57. The Balaban J connectivity index is 2.50. The van der Waals surface area contributed by atoms with E-state index in [-0.39, 0.29) is 5.75 Å². The van der Waals surface area contributed by atoms with Gasteiger partial charge < -0.3 is 4.74 Å². The highest BCUT2D eigenvalue weighted by molar-refractivity contribution is 5.47. The quantitative estimate of drug-likeness (QED) is 0.720. The molecule has 1 aromatic rings. The van der Waals surface area contributed by atoms with Crippen LogP contribution in [0.3, 0.4) is 0 Å². The zero-order chi connectivity index (χ0) is 12.7. The zero-order valence-corrected chi connectivity index (χ0v) is 9.27. The molecule has 0 radical (unpaired) electrons. The number of ether oxygens (including phenoxy) is 1. The number of terminal acetylenes is 1. The van der Waals surface area contributed by atoms with E-state index >= 15 is 0 Å². The standard InChI is InChI=1S/C13H11F3O/c1-3-12(6-7-12)9-4-5-11(17-2)10(8-9)13(14,15)16/h1,4-5,8H,6-7H2,2H3. The van der Waals surface area contributed by atoms with Crippen LogP contribution < -0.4 is 4.74 Å². The monoisotopic (exact) mass is 240 g/mol. The fourth-order valence-corrected chi connectivity index (χ4v) is 1.87. The highest BCUT2D eigenvalue weighted by atomic mass is 19.4. The van der Waals surface area contributed by atoms with Gasteiger partial charge in [0.05, 0.1) is 18.1 Å². The van der Waals surface area contributed by atoms with E-state index in [9.17, 15) is 13.2 Å². The highest BCUT2D eigenvalue weighted by Gasteiger charge is 2.44. The predicted molar refractivity (Wildman–Crippen MR) is 57.7 cm³/mol. The number of alkyl halides is 3. The first-order chi connectivity index (χ1) is 7.93. The fourth-order valence-electron chi connectivity index (χ4n) is 1.87. The maximum atomic E-state index is 12.8. The Bertz CT molecular complexity index is 478. The zero-order valence-electron chi connectivity index (χ0n) is 9.27. The summed E-state index contributed by atoms with van der Waals surface area (Å²) in [6.45, 7) is 0. The molecule has 0 N–H and O–H groups in total. The summed E-state index contributed by atoms with van der Waals surface area (Å²) < 4.78 is 43.1. The molecule has 1 aliphatic rings. The van der Waals surface area contributed by atoms with Crippen molar-refractivity contribution in [1.82, 2.24) is 0 Å². The molecule has 0 amide bonds. The van der Waals surface area contributed by atoms with Crippen molar-refractivity contribution in [1.29, 1.82) is 0 Å². The minimum atomic E-state index is -4.42. The number of hydrogen-bond acceptors (Lipinski definition) is 1. The smallest absolute Gasteiger partial charge is 0.419 e. The number of benzene rings is 1. The molecule has 1 saturated carbocycles. The van der Waals surface area contributed by atoms with Gasteiger partial charge in [0.25, 0.3) is 0 Å². The van der Waals surface area contributed by atoms with Gasteiger partial charge in [0, 0.05) is 0 Å². The van der Waals surface area contributed by atoms with E-state index in [0.717, 1.165) is 18.9 Å². The van der Waals surface area contributed by atoms with Gasteiger partial charge in [0.1, 0.15) is 5.75 Å². The molecule has 0 heterocycles. The molecule has 0 aromatic heterocycles. The summed E-state index contributed by atoms with van der Waals surface area (Å²) in [6.07, 6.45) is 2.43. The van der Waals surface area contributed by atoms with Crippen LogP contribution in [0.25, 0.3) is 0 Å². The topological polar surface area (TPSA) is 9.23 Å². The second-order valence-corrected chi connectivity index (χ2v) is 4.14. The summed E-state index contributed by atoms with van der Waals surface area (Å²) in [5.41, 5.74) is -0.709. The van der Waals surface area contributed by atoms with Crippen molar-refractivity contribution in [3.8, 4) is 18.1 Å². The Morgan fingerprint density at radius 2 is 2.00 bits per heavy atom. The van der Waals surface area contributed by atoms with Crippen LogP contribution in [0.4, 0.5) is 13.2 Å². The van der Waals surface area contributed by atoms with Crippen LogP contribution in [0.1, 0.15) is 24.0 Å². The molecule has 1 nitrogen and oxygen atoms in total. The lowest BCUT2D eigenvalue weighted by Gasteiger charge is -2.15. The first-order valence-corrected chi connectivity index (χ1v) is 5.16. The predicted octanol–water partition coefficient (Wildman–Crippen LogP) is 3.38. The van der Waals surface area contributed by atoms with Gasteiger partial charge in [0.2, 0.25) is 0 Å². The van der Waals surface area contributed by atoms with Gasteiger partial charge >= 0.3 is 6.18 Å². The van der Waals surface area contributed by atoms with E-state index in [1.807, 2.05) is 0 Å². The van der Waals surface area contributed by atoms with Crippen LogP contribution in [-0.4, -0.2) is 7.11 Å². The lowest BCUT2D eigenvalue weighted by Crippen LogP contribution is -2.11. The SMILES string of the molecule is C#CC1(c2ccc(OC)c(C(F)(F)F)c2)CC1. The maximum absolute atomic E-state index is 12.8. The number of rotatable bonds is 2. The molecule has 1 fully saturated rings. The molecule has 0 spiro atoms. The van der Waals surface area contributed by atoms with Crippen LogP contribution in [0.5, 0.6) is 5.75 Å². The van der Waals surface area contributed by atoms with Gasteiger partial charge in [-0.3, -0.25) is 0 Å². The summed E-state index contributed by atoms with van der Waals surface area (Å²) in [4.78, 5) is 0. The van der Waals surface area contributed by atoms with E-state index in [1.165, 1.54) is 13.2 Å². The van der Waals surface area contributed by atoms with Crippen molar-refractivity contribution in [2.24, 2.45) is 0 Å². The van der Waals surface area contributed by atoms with Crippen LogP contribution in [0.2, 0.25) is 0 Å². The molecule has 17 heavy (non-hydrogen) atoms. The fraction of sp³-hybridized carbons (Fsp3) is 0.385. The van der Waals surface area contributed by atoms with Crippen LogP contribution >= 0.6 is 0 Å². The van der Waals surface area contributed by atoms with E-state index in [0.29, 0.717) is 5.56 Å². The van der Waals surface area contributed by atoms with Crippen molar-refractivity contribution < 1.29 is 17.9 Å². The van der Waals surface area contributed by atoms with Crippen molar-refractivity contribution in [3.63, 3.8) is 0 Å². The molecule has 1 aromatic carbocycles. The van der Waals surface area contributed by atoms with Crippen molar-refractivity contribution in [2.75, 3.05) is 7.11 Å². The second kappa shape index (κ2) is 3.69. The van der Waals surface area contributed by atoms with Crippen LogP contribution in [0, 0.1) is 12.3 Å². The molecule has 90 valence electrons. The molecule has 1 aliphatic carbocycles. The summed E-state index contributed by atoms with van der Waals surface area (Å²) in [7, 11) is 1.22. The molecule has 0 bridgehead atoms. The molecular weight excluding hydrogens is 229 g/mol. The Morgan fingerprint density at radius 3 is 2.41 bits per heavy atom. The third-order valence-electron chi connectivity index (χ3n) is 3.08. The van der Waals surface area contributed by atoms with Gasteiger partial charge in [-0.05, 0) is 30.5 Å². The van der Waals surface area contributed by atoms with E-state index in [4.69, 9.17) is 11.2 Å². The molecule has 0 aliphatic heterocycles. The molecule has 0 atom stereocenters.